The number of H-pyrrole nitrogens is 1. The molecule has 0 aliphatic rings. The molecule has 2 aromatic heterocycles. The van der Waals surface area contributed by atoms with Crippen LogP contribution >= 0.6 is 0 Å². The maximum Gasteiger partial charge on any atom is 0.157 e. The summed E-state index contributed by atoms with van der Waals surface area (Å²) in [5.41, 5.74) is 4.65. The monoisotopic (exact) mass is 345 g/mol. The van der Waals surface area contributed by atoms with Crippen LogP contribution in [0.5, 0.6) is 5.75 Å². The average Bonchev–Trinajstić information content (AvgIpc) is 3.12. The fourth-order valence-electron chi connectivity index (χ4n) is 2.83. The fraction of sp³-hybridized carbons (Fsp3) is 0.143. The van der Waals surface area contributed by atoms with Crippen LogP contribution in [0.25, 0.3) is 33.7 Å². The zero-order chi connectivity index (χ0) is 17.8. The number of hydrogen-bond acceptors (Lipinski definition) is 4. The largest absolute Gasteiger partial charge is 0.490 e. The van der Waals surface area contributed by atoms with Gasteiger partial charge in [-0.3, -0.25) is 0 Å². The molecule has 26 heavy (non-hydrogen) atoms. The first-order valence-corrected chi connectivity index (χ1v) is 8.47. The normalized spacial score (nSPS) is 11.0. The number of benzene rings is 2. The Bertz CT molecular complexity index is 1010. The Balaban J connectivity index is 1.70. The lowest BCUT2D eigenvalue weighted by Gasteiger charge is -2.09. The van der Waals surface area contributed by atoms with Crippen molar-refractivity contribution in [1.82, 2.24) is 15.0 Å². The Labute approximate surface area is 151 Å². The molecule has 4 aromatic rings. The molecule has 5 nitrogen and oxygen atoms in total. The van der Waals surface area contributed by atoms with E-state index in [0.29, 0.717) is 13.2 Å². The third kappa shape index (κ3) is 3.30. The summed E-state index contributed by atoms with van der Waals surface area (Å²) in [5.74, 6) is 1.51. The number of aromatic nitrogens is 3. The quantitative estimate of drug-likeness (QED) is 0.529. The predicted octanol–water partition coefficient (Wildman–Crippen LogP) is 4.32. The molecule has 0 saturated carbocycles. The van der Waals surface area contributed by atoms with E-state index in [1.54, 1.807) is 7.11 Å². The molecule has 2 aromatic carbocycles. The van der Waals surface area contributed by atoms with Gasteiger partial charge in [0.15, 0.2) is 5.65 Å². The summed E-state index contributed by atoms with van der Waals surface area (Å²) in [6.45, 7) is 1.03. The van der Waals surface area contributed by atoms with Crippen molar-refractivity contribution in [3.8, 4) is 28.3 Å². The molecule has 0 fully saturated rings. The number of fused-ring (bicyclic) bond motifs is 1. The van der Waals surface area contributed by atoms with Gasteiger partial charge in [0.2, 0.25) is 0 Å². The second-order valence-corrected chi connectivity index (χ2v) is 5.88. The number of nitrogens with one attached hydrogen (secondary N) is 1. The van der Waals surface area contributed by atoms with Gasteiger partial charge in [0.05, 0.1) is 12.2 Å². The Hall–Kier alpha value is -3.18. The van der Waals surface area contributed by atoms with Gasteiger partial charge in [0.25, 0.3) is 0 Å². The summed E-state index contributed by atoms with van der Waals surface area (Å²) in [4.78, 5) is 12.5. The van der Waals surface area contributed by atoms with Crippen LogP contribution in [0.15, 0.2) is 66.9 Å². The molecule has 0 aliphatic carbocycles. The maximum absolute atomic E-state index is 5.82. The van der Waals surface area contributed by atoms with Crippen molar-refractivity contribution in [2.75, 3.05) is 20.3 Å². The van der Waals surface area contributed by atoms with Gasteiger partial charge in [-0.15, -0.1) is 0 Å². The van der Waals surface area contributed by atoms with Gasteiger partial charge < -0.3 is 14.5 Å². The molecule has 4 rings (SSSR count). The highest BCUT2D eigenvalue weighted by Crippen LogP contribution is 2.30. The zero-order valence-electron chi connectivity index (χ0n) is 14.5. The summed E-state index contributed by atoms with van der Waals surface area (Å²) in [7, 11) is 1.66. The van der Waals surface area contributed by atoms with Gasteiger partial charge in [-0.1, -0.05) is 42.5 Å². The van der Waals surface area contributed by atoms with Crippen molar-refractivity contribution >= 4 is 11.2 Å². The van der Waals surface area contributed by atoms with Gasteiger partial charge in [0.1, 0.15) is 23.7 Å². The number of methoxy groups -OCH3 is 1. The van der Waals surface area contributed by atoms with E-state index < -0.39 is 0 Å². The van der Waals surface area contributed by atoms with E-state index >= 15 is 0 Å². The van der Waals surface area contributed by atoms with E-state index in [2.05, 4.69) is 22.1 Å². The summed E-state index contributed by atoms with van der Waals surface area (Å²) < 4.78 is 10.9. The van der Waals surface area contributed by atoms with Crippen molar-refractivity contribution in [1.29, 1.82) is 0 Å². The third-order valence-corrected chi connectivity index (χ3v) is 4.13. The molecule has 0 spiro atoms. The molecular formula is C21H19N3O2. The third-order valence-electron chi connectivity index (χ3n) is 4.13. The van der Waals surface area contributed by atoms with Crippen molar-refractivity contribution in [3.63, 3.8) is 0 Å². The van der Waals surface area contributed by atoms with Crippen LogP contribution in [0.3, 0.4) is 0 Å². The number of rotatable bonds is 6. The zero-order valence-corrected chi connectivity index (χ0v) is 14.5. The Morgan fingerprint density at radius 3 is 2.58 bits per heavy atom. The first-order valence-electron chi connectivity index (χ1n) is 8.47. The fourth-order valence-corrected chi connectivity index (χ4v) is 2.83. The number of ether oxygens (including phenoxy) is 2. The smallest absolute Gasteiger partial charge is 0.157 e. The first-order chi connectivity index (χ1) is 12.8. The van der Waals surface area contributed by atoms with Crippen LogP contribution in [0.4, 0.5) is 0 Å². The maximum atomic E-state index is 5.82. The lowest BCUT2D eigenvalue weighted by Crippen LogP contribution is -2.05. The van der Waals surface area contributed by atoms with Gasteiger partial charge >= 0.3 is 0 Å². The summed E-state index contributed by atoms with van der Waals surface area (Å²) in [6.07, 6.45) is 1.86. The summed E-state index contributed by atoms with van der Waals surface area (Å²) in [5, 5.41) is 0. The molecule has 0 aliphatic heterocycles. The van der Waals surface area contributed by atoms with E-state index in [-0.39, 0.29) is 0 Å². The van der Waals surface area contributed by atoms with Gasteiger partial charge in [-0.25, -0.2) is 9.97 Å². The van der Waals surface area contributed by atoms with Crippen molar-refractivity contribution in [2.45, 2.75) is 0 Å². The molecule has 0 atom stereocenters. The minimum atomic E-state index is 0.490. The molecule has 2 heterocycles. The number of aromatic amines is 1. The predicted molar refractivity (Wildman–Crippen MR) is 102 cm³/mol. The van der Waals surface area contributed by atoms with Crippen molar-refractivity contribution < 1.29 is 9.47 Å². The highest BCUT2D eigenvalue weighted by Gasteiger charge is 2.12. The number of imidazole rings is 1. The van der Waals surface area contributed by atoms with Crippen LogP contribution in [0.1, 0.15) is 0 Å². The SMILES string of the molecule is COCCOc1ccccc1-c1nc2cc(-c3ccccc3)cnc2[nH]1. The number of nitrogens with zero attached hydrogens (tertiary/aromatic N) is 2. The Kier molecular flexibility index (Phi) is 4.62. The van der Waals surface area contributed by atoms with Crippen LogP contribution < -0.4 is 4.74 Å². The van der Waals surface area contributed by atoms with Gasteiger partial charge in [-0.2, -0.15) is 0 Å². The number of pyridine rings is 1. The first kappa shape index (κ1) is 16.3. The molecule has 5 heteroatoms. The van der Waals surface area contributed by atoms with Crippen LogP contribution in [0, 0.1) is 0 Å². The topological polar surface area (TPSA) is 60.0 Å². The minimum absolute atomic E-state index is 0.490. The van der Waals surface area contributed by atoms with Crippen molar-refractivity contribution in [3.05, 3.63) is 66.9 Å². The van der Waals surface area contributed by atoms with E-state index in [0.717, 1.165) is 39.4 Å². The highest BCUT2D eigenvalue weighted by atomic mass is 16.5. The summed E-state index contributed by atoms with van der Waals surface area (Å²) in [6, 6.07) is 20.0. The minimum Gasteiger partial charge on any atom is -0.490 e. The molecule has 0 radical (unpaired) electrons. The molecular weight excluding hydrogens is 326 g/mol. The number of hydrogen-bond donors (Lipinski definition) is 1. The second-order valence-electron chi connectivity index (χ2n) is 5.88. The Morgan fingerprint density at radius 1 is 0.923 bits per heavy atom. The second kappa shape index (κ2) is 7.37. The molecule has 130 valence electrons. The van der Waals surface area contributed by atoms with Crippen molar-refractivity contribution in [2.24, 2.45) is 0 Å². The van der Waals surface area contributed by atoms with Crippen LogP contribution in [-0.2, 0) is 4.74 Å². The van der Waals surface area contributed by atoms with Crippen LogP contribution in [0.2, 0.25) is 0 Å². The molecule has 0 unspecified atom stereocenters. The molecule has 0 bridgehead atoms. The lowest BCUT2D eigenvalue weighted by atomic mass is 10.1. The molecule has 0 saturated heterocycles. The van der Waals surface area contributed by atoms with E-state index in [1.165, 1.54) is 0 Å². The average molecular weight is 345 g/mol. The van der Waals surface area contributed by atoms with E-state index in [9.17, 15) is 0 Å². The Morgan fingerprint density at radius 2 is 1.73 bits per heavy atom. The standard InChI is InChI=1S/C21H19N3O2/c1-25-11-12-26-19-10-6-5-9-17(19)20-23-18-13-16(14-22-21(18)24-20)15-7-3-2-4-8-15/h2-10,13-14H,11-12H2,1H3,(H,22,23,24). The van der Waals surface area contributed by atoms with Gasteiger partial charge in [-0.05, 0) is 23.8 Å². The van der Waals surface area contributed by atoms with Crippen LogP contribution in [-0.4, -0.2) is 35.3 Å². The summed E-state index contributed by atoms with van der Waals surface area (Å²) >= 11 is 0. The van der Waals surface area contributed by atoms with Gasteiger partial charge in [0, 0.05) is 18.9 Å². The lowest BCUT2D eigenvalue weighted by molar-refractivity contribution is 0.146. The van der Waals surface area contributed by atoms with E-state index in [4.69, 9.17) is 14.5 Å². The number of para-hydroxylation sites is 1. The highest BCUT2D eigenvalue weighted by molar-refractivity contribution is 5.81. The molecule has 0 amide bonds. The molecule has 1 N–H and O–H groups in total. The van der Waals surface area contributed by atoms with E-state index in [1.807, 2.05) is 54.7 Å².